The molecule has 3 heteroatoms. The van der Waals surface area contributed by atoms with Crippen LogP contribution in [0, 0.1) is 0 Å². The maximum atomic E-state index is 9.17. The van der Waals surface area contributed by atoms with Crippen LogP contribution in [0.2, 0.25) is 5.02 Å². The summed E-state index contributed by atoms with van der Waals surface area (Å²) in [5.74, 6) is 0. The zero-order chi connectivity index (χ0) is 13.2. The number of nitrogens with one attached hydrogen (secondary N) is 1. The molecule has 0 aromatic heterocycles. The Balaban J connectivity index is 1.82. The third kappa shape index (κ3) is 2.60. The third-order valence-corrected chi connectivity index (χ3v) is 3.87. The Morgan fingerprint density at radius 1 is 1.21 bits per heavy atom. The predicted molar refractivity (Wildman–Crippen MR) is 78.5 cm³/mol. The highest BCUT2D eigenvalue weighted by Crippen LogP contribution is 2.35. The standard InChI is InChI=1S/C16H16ClNO/c17-13-5-6-15-12(9-13)4-7-16(15)18-14-3-1-2-11(8-14)10-19/h1-3,5-6,8-9,16,18-19H,4,7,10H2. The smallest absolute Gasteiger partial charge is 0.0682 e. The topological polar surface area (TPSA) is 32.3 Å². The lowest BCUT2D eigenvalue weighted by Crippen LogP contribution is -2.07. The van der Waals surface area contributed by atoms with Crippen molar-refractivity contribution in [2.24, 2.45) is 0 Å². The molecule has 2 nitrogen and oxygen atoms in total. The normalized spacial score (nSPS) is 17.3. The SMILES string of the molecule is OCc1cccc(NC2CCc3cc(Cl)ccc32)c1. The number of halogens is 1. The Kier molecular flexibility index (Phi) is 3.45. The molecule has 1 aliphatic carbocycles. The van der Waals surface area contributed by atoms with Crippen molar-refractivity contribution < 1.29 is 5.11 Å². The van der Waals surface area contributed by atoms with Crippen LogP contribution in [0.5, 0.6) is 0 Å². The number of benzene rings is 2. The molecule has 0 fully saturated rings. The van der Waals surface area contributed by atoms with Gasteiger partial charge in [0.25, 0.3) is 0 Å². The van der Waals surface area contributed by atoms with Crippen molar-refractivity contribution in [1.82, 2.24) is 0 Å². The van der Waals surface area contributed by atoms with Crippen LogP contribution >= 0.6 is 11.6 Å². The van der Waals surface area contributed by atoms with E-state index < -0.39 is 0 Å². The molecule has 2 N–H and O–H groups in total. The average molecular weight is 274 g/mol. The van der Waals surface area contributed by atoms with Gasteiger partial charge in [-0.05, 0) is 53.8 Å². The first-order valence-electron chi connectivity index (χ1n) is 6.51. The number of anilines is 1. The highest BCUT2D eigenvalue weighted by molar-refractivity contribution is 6.30. The molecule has 3 rings (SSSR count). The number of aliphatic hydroxyl groups excluding tert-OH is 1. The fourth-order valence-electron chi connectivity index (χ4n) is 2.70. The van der Waals surface area contributed by atoms with Gasteiger partial charge >= 0.3 is 0 Å². The Hall–Kier alpha value is -1.51. The van der Waals surface area contributed by atoms with E-state index in [0.29, 0.717) is 6.04 Å². The first kappa shape index (κ1) is 12.5. The van der Waals surface area contributed by atoms with Gasteiger partial charge in [-0.3, -0.25) is 0 Å². The number of fused-ring (bicyclic) bond motifs is 1. The summed E-state index contributed by atoms with van der Waals surface area (Å²) < 4.78 is 0. The van der Waals surface area contributed by atoms with Crippen molar-refractivity contribution in [2.75, 3.05) is 5.32 Å². The van der Waals surface area contributed by atoms with E-state index in [1.807, 2.05) is 30.3 Å². The highest BCUT2D eigenvalue weighted by atomic mass is 35.5. The quantitative estimate of drug-likeness (QED) is 0.888. The monoisotopic (exact) mass is 273 g/mol. The van der Waals surface area contributed by atoms with Gasteiger partial charge in [0.05, 0.1) is 12.6 Å². The number of aryl methyl sites for hydroxylation is 1. The van der Waals surface area contributed by atoms with Gasteiger partial charge in [0.2, 0.25) is 0 Å². The van der Waals surface area contributed by atoms with Crippen LogP contribution in [0.15, 0.2) is 42.5 Å². The second-order valence-electron chi connectivity index (χ2n) is 4.94. The van der Waals surface area contributed by atoms with E-state index in [1.165, 1.54) is 11.1 Å². The van der Waals surface area contributed by atoms with E-state index in [2.05, 4.69) is 17.4 Å². The molecule has 2 aromatic carbocycles. The minimum Gasteiger partial charge on any atom is -0.392 e. The summed E-state index contributed by atoms with van der Waals surface area (Å²) in [5.41, 5.74) is 4.65. The van der Waals surface area contributed by atoms with Crippen LogP contribution in [0.25, 0.3) is 0 Å². The first-order valence-corrected chi connectivity index (χ1v) is 6.89. The largest absolute Gasteiger partial charge is 0.392 e. The van der Waals surface area contributed by atoms with Crippen LogP contribution in [0.4, 0.5) is 5.69 Å². The average Bonchev–Trinajstić information content (AvgIpc) is 2.81. The van der Waals surface area contributed by atoms with E-state index >= 15 is 0 Å². The molecule has 0 radical (unpaired) electrons. The lowest BCUT2D eigenvalue weighted by Gasteiger charge is -2.16. The molecule has 1 atom stereocenters. The summed E-state index contributed by atoms with van der Waals surface area (Å²) in [7, 11) is 0. The maximum Gasteiger partial charge on any atom is 0.0682 e. The highest BCUT2D eigenvalue weighted by Gasteiger charge is 2.22. The number of aliphatic hydroxyl groups is 1. The second kappa shape index (κ2) is 5.24. The van der Waals surface area contributed by atoms with Gasteiger partial charge in [-0.2, -0.15) is 0 Å². The van der Waals surface area contributed by atoms with Crippen molar-refractivity contribution in [3.8, 4) is 0 Å². The fraction of sp³-hybridized carbons (Fsp3) is 0.250. The van der Waals surface area contributed by atoms with Crippen LogP contribution in [0.1, 0.15) is 29.2 Å². The van der Waals surface area contributed by atoms with Gasteiger partial charge in [0.1, 0.15) is 0 Å². The molecule has 1 aliphatic rings. The molecular weight excluding hydrogens is 258 g/mol. The van der Waals surface area contributed by atoms with Crippen LogP contribution < -0.4 is 5.32 Å². The van der Waals surface area contributed by atoms with Gasteiger partial charge in [0, 0.05) is 10.7 Å². The lowest BCUT2D eigenvalue weighted by molar-refractivity contribution is 0.282. The van der Waals surface area contributed by atoms with Crippen LogP contribution in [-0.4, -0.2) is 5.11 Å². The molecule has 0 bridgehead atoms. The molecule has 98 valence electrons. The molecule has 0 spiro atoms. The van der Waals surface area contributed by atoms with Crippen molar-refractivity contribution in [2.45, 2.75) is 25.5 Å². The summed E-state index contributed by atoms with van der Waals surface area (Å²) in [6.07, 6.45) is 2.15. The van der Waals surface area contributed by atoms with Crippen molar-refractivity contribution in [3.63, 3.8) is 0 Å². The van der Waals surface area contributed by atoms with Gasteiger partial charge in [0.15, 0.2) is 0 Å². The maximum absolute atomic E-state index is 9.17. The summed E-state index contributed by atoms with van der Waals surface area (Å²) in [4.78, 5) is 0. The summed E-state index contributed by atoms with van der Waals surface area (Å²) >= 11 is 6.02. The van der Waals surface area contributed by atoms with Gasteiger partial charge in [-0.25, -0.2) is 0 Å². The summed E-state index contributed by atoms with van der Waals surface area (Å²) in [6.45, 7) is 0.0758. The molecule has 2 aromatic rings. The number of rotatable bonds is 3. The summed E-state index contributed by atoms with van der Waals surface area (Å²) in [6, 6.07) is 14.4. The Labute approximate surface area is 118 Å². The molecule has 0 heterocycles. The third-order valence-electron chi connectivity index (χ3n) is 3.63. The minimum absolute atomic E-state index is 0.0758. The number of hydrogen-bond acceptors (Lipinski definition) is 2. The van der Waals surface area contributed by atoms with E-state index in [1.54, 1.807) is 0 Å². The van der Waals surface area contributed by atoms with E-state index in [9.17, 15) is 0 Å². The minimum atomic E-state index is 0.0758. The molecule has 1 unspecified atom stereocenters. The molecule has 0 saturated carbocycles. The Morgan fingerprint density at radius 2 is 2.11 bits per heavy atom. The van der Waals surface area contributed by atoms with Gasteiger partial charge in [-0.1, -0.05) is 29.8 Å². The summed E-state index contributed by atoms with van der Waals surface area (Å²) in [5, 5.41) is 13.5. The first-order chi connectivity index (χ1) is 9.26. The fourth-order valence-corrected chi connectivity index (χ4v) is 2.89. The van der Waals surface area contributed by atoms with Crippen LogP contribution in [-0.2, 0) is 13.0 Å². The van der Waals surface area contributed by atoms with Gasteiger partial charge < -0.3 is 10.4 Å². The molecule has 0 amide bonds. The Morgan fingerprint density at radius 3 is 2.95 bits per heavy atom. The van der Waals surface area contributed by atoms with Crippen LogP contribution in [0.3, 0.4) is 0 Å². The molecule has 0 aliphatic heterocycles. The lowest BCUT2D eigenvalue weighted by atomic mass is 10.1. The molecule has 0 saturated heterocycles. The Bertz CT molecular complexity index is 597. The molecular formula is C16H16ClNO. The van der Waals surface area contributed by atoms with E-state index in [-0.39, 0.29) is 6.61 Å². The number of hydrogen-bond donors (Lipinski definition) is 2. The predicted octanol–water partition coefficient (Wildman–Crippen LogP) is 3.93. The van der Waals surface area contributed by atoms with E-state index in [0.717, 1.165) is 29.1 Å². The molecule has 19 heavy (non-hydrogen) atoms. The zero-order valence-electron chi connectivity index (χ0n) is 10.6. The van der Waals surface area contributed by atoms with Crippen molar-refractivity contribution in [3.05, 3.63) is 64.2 Å². The van der Waals surface area contributed by atoms with Gasteiger partial charge in [-0.15, -0.1) is 0 Å². The van der Waals surface area contributed by atoms with Crippen molar-refractivity contribution >= 4 is 17.3 Å². The van der Waals surface area contributed by atoms with E-state index in [4.69, 9.17) is 16.7 Å². The zero-order valence-corrected chi connectivity index (χ0v) is 11.3. The second-order valence-corrected chi connectivity index (χ2v) is 5.37. The van der Waals surface area contributed by atoms with Crippen molar-refractivity contribution in [1.29, 1.82) is 0 Å².